The van der Waals surface area contributed by atoms with Crippen LogP contribution in [0.1, 0.15) is 11.1 Å². The van der Waals surface area contributed by atoms with E-state index in [4.69, 9.17) is 21.7 Å². The largest absolute Gasteiger partial charge is 0.497 e. The zero-order chi connectivity index (χ0) is 16.5. The summed E-state index contributed by atoms with van der Waals surface area (Å²) in [5.74, 6) is 1.44. The maximum atomic E-state index is 5.28. The highest BCUT2D eigenvalue weighted by atomic mass is 32.1. The van der Waals surface area contributed by atoms with Crippen molar-refractivity contribution in [2.24, 2.45) is 5.10 Å². The summed E-state index contributed by atoms with van der Waals surface area (Å²) in [6, 6.07) is 15.5. The number of ether oxygens (including phenoxy) is 2. The highest BCUT2D eigenvalue weighted by molar-refractivity contribution is 7.80. The molecule has 2 N–H and O–H groups in total. The second-order valence-electron chi connectivity index (χ2n) is 4.65. The van der Waals surface area contributed by atoms with Gasteiger partial charge < -0.3 is 14.8 Å². The smallest absolute Gasteiger partial charge is 0.187 e. The van der Waals surface area contributed by atoms with Gasteiger partial charge in [-0.3, -0.25) is 5.43 Å². The first kappa shape index (κ1) is 16.8. The minimum Gasteiger partial charge on any atom is -0.497 e. The third kappa shape index (κ3) is 5.27. The van der Waals surface area contributed by atoms with E-state index in [1.54, 1.807) is 20.4 Å². The molecule has 0 unspecified atom stereocenters. The first-order valence-electron chi connectivity index (χ1n) is 7.06. The molecule has 0 aliphatic carbocycles. The van der Waals surface area contributed by atoms with Crippen molar-refractivity contribution in [1.82, 2.24) is 10.7 Å². The zero-order valence-corrected chi connectivity index (χ0v) is 13.9. The van der Waals surface area contributed by atoms with Crippen LogP contribution in [0.25, 0.3) is 0 Å². The molecule has 0 spiro atoms. The highest BCUT2D eigenvalue weighted by Gasteiger charge is 2.02. The van der Waals surface area contributed by atoms with Crippen LogP contribution >= 0.6 is 12.2 Å². The van der Waals surface area contributed by atoms with Crippen LogP contribution in [0.3, 0.4) is 0 Å². The fourth-order valence-electron chi connectivity index (χ4n) is 1.92. The van der Waals surface area contributed by atoms with Gasteiger partial charge in [-0.05, 0) is 36.0 Å². The molecule has 2 rings (SSSR count). The van der Waals surface area contributed by atoms with E-state index in [1.165, 1.54) is 0 Å². The Hall–Kier alpha value is -2.60. The molecule has 0 aromatic heterocycles. The van der Waals surface area contributed by atoms with Crippen molar-refractivity contribution in [3.8, 4) is 11.5 Å². The summed E-state index contributed by atoms with van der Waals surface area (Å²) in [7, 11) is 3.22. The van der Waals surface area contributed by atoms with Crippen molar-refractivity contribution in [2.45, 2.75) is 6.54 Å². The molecule has 0 atom stereocenters. The summed E-state index contributed by atoms with van der Waals surface area (Å²) in [6.45, 7) is 0.644. The van der Waals surface area contributed by atoms with Crippen LogP contribution in [0.15, 0.2) is 53.6 Å². The SMILES string of the molecule is COc1ccc(OC)c(C=NNC(=S)NCc2ccccc2)c1. The molecule has 0 amide bonds. The Labute approximate surface area is 141 Å². The van der Waals surface area contributed by atoms with Gasteiger partial charge in [-0.2, -0.15) is 5.10 Å². The van der Waals surface area contributed by atoms with Gasteiger partial charge in [-0.25, -0.2) is 0 Å². The molecule has 0 aliphatic heterocycles. The van der Waals surface area contributed by atoms with E-state index in [-0.39, 0.29) is 0 Å². The standard InChI is InChI=1S/C17H19N3O2S/c1-21-15-8-9-16(22-2)14(10-15)12-19-20-17(23)18-11-13-6-4-3-5-7-13/h3-10,12H,11H2,1-2H3,(H2,18,20,23). The second kappa shape index (κ2) is 8.75. The minimum atomic E-state index is 0.451. The van der Waals surface area contributed by atoms with Crippen molar-refractivity contribution in [1.29, 1.82) is 0 Å². The minimum absolute atomic E-state index is 0.451. The molecule has 120 valence electrons. The summed E-state index contributed by atoms with van der Waals surface area (Å²) in [5, 5.41) is 7.66. The Balaban J connectivity index is 1.89. The van der Waals surface area contributed by atoms with Gasteiger partial charge in [0.1, 0.15) is 11.5 Å². The molecule has 2 aromatic carbocycles. The van der Waals surface area contributed by atoms with Crippen LogP contribution in [-0.2, 0) is 6.54 Å². The average molecular weight is 329 g/mol. The van der Waals surface area contributed by atoms with Gasteiger partial charge in [-0.1, -0.05) is 30.3 Å². The molecule has 0 aliphatic rings. The van der Waals surface area contributed by atoms with E-state index >= 15 is 0 Å². The maximum Gasteiger partial charge on any atom is 0.187 e. The lowest BCUT2D eigenvalue weighted by Gasteiger charge is -2.08. The molecule has 6 heteroatoms. The topological polar surface area (TPSA) is 54.9 Å². The summed E-state index contributed by atoms with van der Waals surface area (Å²) in [6.07, 6.45) is 1.64. The molecule has 0 radical (unpaired) electrons. The number of methoxy groups -OCH3 is 2. The first-order chi connectivity index (χ1) is 11.2. The Morgan fingerprint density at radius 2 is 1.91 bits per heavy atom. The molecule has 0 fully saturated rings. The van der Waals surface area contributed by atoms with Gasteiger partial charge in [0.15, 0.2) is 5.11 Å². The summed E-state index contributed by atoms with van der Waals surface area (Å²) < 4.78 is 10.5. The fourth-order valence-corrected chi connectivity index (χ4v) is 2.04. The predicted octanol–water partition coefficient (Wildman–Crippen LogP) is 2.70. The molecular weight excluding hydrogens is 310 g/mol. The van der Waals surface area contributed by atoms with Gasteiger partial charge in [0.2, 0.25) is 0 Å². The van der Waals surface area contributed by atoms with Crippen LogP contribution in [0, 0.1) is 0 Å². The maximum absolute atomic E-state index is 5.28. The number of nitrogens with zero attached hydrogens (tertiary/aromatic N) is 1. The molecule has 0 saturated heterocycles. The lowest BCUT2D eigenvalue weighted by molar-refractivity contribution is 0.402. The third-order valence-electron chi connectivity index (χ3n) is 3.10. The lowest BCUT2D eigenvalue weighted by atomic mass is 10.2. The lowest BCUT2D eigenvalue weighted by Crippen LogP contribution is -2.31. The Morgan fingerprint density at radius 1 is 1.13 bits per heavy atom. The van der Waals surface area contributed by atoms with Crippen molar-refractivity contribution in [2.75, 3.05) is 14.2 Å². The first-order valence-corrected chi connectivity index (χ1v) is 7.46. The van der Waals surface area contributed by atoms with Crippen molar-refractivity contribution < 1.29 is 9.47 Å². The van der Waals surface area contributed by atoms with Gasteiger partial charge in [-0.15, -0.1) is 0 Å². The average Bonchev–Trinajstić information content (AvgIpc) is 2.60. The molecule has 23 heavy (non-hydrogen) atoms. The van der Waals surface area contributed by atoms with E-state index in [9.17, 15) is 0 Å². The summed E-state index contributed by atoms with van der Waals surface area (Å²) in [5.41, 5.74) is 4.73. The molecule has 2 aromatic rings. The quantitative estimate of drug-likeness (QED) is 0.485. The van der Waals surface area contributed by atoms with Crippen LogP contribution in [0.2, 0.25) is 0 Å². The van der Waals surface area contributed by atoms with Crippen LogP contribution in [0.5, 0.6) is 11.5 Å². The number of hydrazone groups is 1. The Morgan fingerprint density at radius 3 is 2.61 bits per heavy atom. The number of thiocarbonyl (C=S) groups is 1. The Bertz CT molecular complexity index is 675. The van der Waals surface area contributed by atoms with Gasteiger partial charge in [0.25, 0.3) is 0 Å². The van der Waals surface area contributed by atoms with E-state index in [0.29, 0.717) is 17.4 Å². The third-order valence-corrected chi connectivity index (χ3v) is 3.34. The molecule has 0 saturated carbocycles. The second-order valence-corrected chi connectivity index (χ2v) is 5.05. The van der Waals surface area contributed by atoms with Gasteiger partial charge >= 0.3 is 0 Å². The predicted molar refractivity (Wildman–Crippen MR) is 96.2 cm³/mol. The number of benzene rings is 2. The normalized spacial score (nSPS) is 10.3. The number of hydrogen-bond donors (Lipinski definition) is 2. The Kier molecular flexibility index (Phi) is 6.38. The van der Waals surface area contributed by atoms with Crippen LogP contribution in [0.4, 0.5) is 0 Å². The fraction of sp³-hybridized carbons (Fsp3) is 0.176. The molecule has 0 heterocycles. The van der Waals surface area contributed by atoms with Crippen LogP contribution in [-0.4, -0.2) is 25.5 Å². The van der Waals surface area contributed by atoms with E-state index in [2.05, 4.69) is 15.8 Å². The molecule has 0 bridgehead atoms. The van der Waals surface area contributed by atoms with E-state index in [0.717, 1.165) is 16.9 Å². The molecule has 5 nitrogen and oxygen atoms in total. The van der Waals surface area contributed by atoms with Crippen LogP contribution < -0.4 is 20.2 Å². The van der Waals surface area contributed by atoms with Gasteiger partial charge in [0.05, 0.1) is 20.4 Å². The van der Waals surface area contributed by atoms with E-state index in [1.807, 2.05) is 48.5 Å². The summed E-state index contributed by atoms with van der Waals surface area (Å²) >= 11 is 5.19. The molecular formula is C17H19N3O2S. The summed E-state index contributed by atoms with van der Waals surface area (Å²) in [4.78, 5) is 0. The number of hydrogen-bond acceptors (Lipinski definition) is 4. The monoisotopic (exact) mass is 329 g/mol. The van der Waals surface area contributed by atoms with E-state index < -0.39 is 0 Å². The highest BCUT2D eigenvalue weighted by Crippen LogP contribution is 2.22. The number of rotatable bonds is 6. The van der Waals surface area contributed by atoms with Crippen molar-refractivity contribution in [3.63, 3.8) is 0 Å². The van der Waals surface area contributed by atoms with Crippen molar-refractivity contribution >= 4 is 23.5 Å². The zero-order valence-electron chi connectivity index (χ0n) is 13.1. The van der Waals surface area contributed by atoms with Gasteiger partial charge in [0, 0.05) is 12.1 Å². The number of nitrogens with one attached hydrogen (secondary N) is 2. The van der Waals surface area contributed by atoms with Crippen molar-refractivity contribution in [3.05, 3.63) is 59.7 Å².